The minimum Gasteiger partial charge on any atom is -0.318 e. The van der Waals surface area contributed by atoms with Crippen LogP contribution in [0.5, 0.6) is 0 Å². The van der Waals surface area contributed by atoms with Crippen LogP contribution in [0.2, 0.25) is 5.02 Å². The summed E-state index contributed by atoms with van der Waals surface area (Å²) in [6, 6.07) is 11.6. The summed E-state index contributed by atoms with van der Waals surface area (Å²) >= 11 is 5.72. The maximum absolute atomic E-state index is 11.6. The summed E-state index contributed by atoms with van der Waals surface area (Å²) in [7, 11) is 0. The van der Waals surface area contributed by atoms with Crippen molar-refractivity contribution in [3.05, 3.63) is 59.4 Å². The highest BCUT2D eigenvalue weighted by Crippen LogP contribution is 2.13. The number of nitrogens with zero attached hydrogens (tertiary/aromatic N) is 2. The van der Waals surface area contributed by atoms with Gasteiger partial charge in [0, 0.05) is 16.9 Å². The lowest BCUT2D eigenvalue weighted by Crippen LogP contribution is -2.32. The van der Waals surface area contributed by atoms with E-state index in [0.29, 0.717) is 16.4 Å². The molecule has 1 aromatic heterocycles. The predicted octanol–water partition coefficient (Wildman–Crippen LogP) is 1.82. The monoisotopic (exact) mass is 302 g/mol. The topological polar surface area (TPSA) is 83.5 Å². The summed E-state index contributed by atoms with van der Waals surface area (Å²) in [5.41, 5.74) is 3.15. The summed E-state index contributed by atoms with van der Waals surface area (Å²) in [4.78, 5) is 27.1. The fourth-order valence-electron chi connectivity index (χ4n) is 1.38. The number of anilines is 1. The average Bonchev–Trinajstić information content (AvgIpc) is 2.50. The van der Waals surface area contributed by atoms with E-state index < -0.39 is 11.8 Å². The van der Waals surface area contributed by atoms with E-state index >= 15 is 0 Å². The first kappa shape index (κ1) is 14.7. The van der Waals surface area contributed by atoms with Gasteiger partial charge < -0.3 is 5.32 Å². The molecule has 6 nitrogen and oxygen atoms in total. The second-order valence-electron chi connectivity index (χ2n) is 3.91. The highest BCUT2D eigenvalue weighted by molar-refractivity contribution is 6.39. The van der Waals surface area contributed by atoms with Gasteiger partial charge in [-0.1, -0.05) is 17.7 Å². The number of aromatic nitrogens is 1. The van der Waals surface area contributed by atoms with E-state index in [2.05, 4.69) is 20.8 Å². The van der Waals surface area contributed by atoms with Crippen molar-refractivity contribution in [3.8, 4) is 0 Å². The molecule has 0 aliphatic heterocycles. The average molecular weight is 303 g/mol. The van der Waals surface area contributed by atoms with Gasteiger partial charge in [-0.3, -0.25) is 14.6 Å². The van der Waals surface area contributed by atoms with E-state index in [1.54, 1.807) is 48.7 Å². The second kappa shape index (κ2) is 7.16. The van der Waals surface area contributed by atoms with Crippen molar-refractivity contribution in [1.29, 1.82) is 0 Å². The minimum absolute atomic E-state index is 0.466. The second-order valence-corrected chi connectivity index (χ2v) is 4.35. The molecule has 0 unspecified atom stereocenters. The standard InChI is InChI=1S/C14H11ClN4O2/c15-10-4-6-11(7-5-10)18-13(20)14(21)19-17-9-12-3-1-2-8-16-12/h1-9H,(H,18,20)(H,19,21)/b17-9-. The Morgan fingerprint density at radius 3 is 2.52 bits per heavy atom. The Kier molecular flexibility index (Phi) is 5.00. The molecule has 0 spiro atoms. The summed E-state index contributed by atoms with van der Waals surface area (Å²) in [5.74, 6) is -1.70. The zero-order chi connectivity index (χ0) is 15.1. The maximum atomic E-state index is 11.6. The molecule has 0 saturated heterocycles. The van der Waals surface area contributed by atoms with Gasteiger partial charge in [-0.25, -0.2) is 5.43 Å². The van der Waals surface area contributed by atoms with E-state index in [9.17, 15) is 9.59 Å². The molecule has 21 heavy (non-hydrogen) atoms. The molecule has 0 aliphatic carbocycles. The molecule has 1 aromatic carbocycles. The largest absolute Gasteiger partial charge is 0.329 e. The van der Waals surface area contributed by atoms with Gasteiger partial charge in [0.05, 0.1) is 11.9 Å². The number of rotatable bonds is 3. The molecule has 7 heteroatoms. The molecule has 0 bridgehead atoms. The Morgan fingerprint density at radius 1 is 1.10 bits per heavy atom. The fourth-order valence-corrected chi connectivity index (χ4v) is 1.51. The molecule has 0 atom stereocenters. The van der Waals surface area contributed by atoms with E-state index in [-0.39, 0.29) is 0 Å². The number of nitrogens with one attached hydrogen (secondary N) is 2. The van der Waals surface area contributed by atoms with Gasteiger partial charge in [0.2, 0.25) is 0 Å². The Labute approximate surface area is 125 Å². The Bertz CT molecular complexity index is 656. The Morgan fingerprint density at radius 2 is 1.86 bits per heavy atom. The fraction of sp³-hybridized carbons (Fsp3) is 0. The van der Waals surface area contributed by atoms with E-state index in [1.165, 1.54) is 6.21 Å². The molecular formula is C14H11ClN4O2. The van der Waals surface area contributed by atoms with Crippen LogP contribution in [-0.4, -0.2) is 23.0 Å². The van der Waals surface area contributed by atoms with Crippen LogP contribution in [-0.2, 0) is 9.59 Å². The molecule has 2 rings (SSSR count). The third kappa shape index (κ3) is 4.70. The Hall–Kier alpha value is -2.73. The quantitative estimate of drug-likeness (QED) is 0.515. The van der Waals surface area contributed by atoms with Crippen molar-refractivity contribution < 1.29 is 9.59 Å². The molecule has 1 heterocycles. The van der Waals surface area contributed by atoms with Gasteiger partial charge in [-0.05, 0) is 36.4 Å². The van der Waals surface area contributed by atoms with E-state index in [1.807, 2.05) is 0 Å². The SMILES string of the molecule is O=C(N/N=C\c1ccccn1)C(=O)Nc1ccc(Cl)cc1. The van der Waals surface area contributed by atoms with Gasteiger partial charge >= 0.3 is 11.8 Å². The molecular weight excluding hydrogens is 292 g/mol. The molecule has 0 saturated carbocycles. The van der Waals surface area contributed by atoms with Crippen LogP contribution >= 0.6 is 11.6 Å². The summed E-state index contributed by atoms with van der Waals surface area (Å²) < 4.78 is 0. The van der Waals surface area contributed by atoms with Crippen molar-refractivity contribution in [2.75, 3.05) is 5.32 Å². The zero-order valence-corrected chi connectivity index (χ0v) is 11.5. The molecule has 0 aliphatic rings. The number of hydrazone groups is 1. The van der Waals surface area contributed by atoms with Crippen LogP contribution in [0.4, 0.5) is 5.69 Å². The lowest BCUT2D eigenvalue weighted by molar-refractivity contribution is -0.136. The van der Waals surface area contributed by atoms with Gasteiger partial charge in [0.15, 0.2) is 0 Å². The number of hydrogen-bond acceptors (Lipinski definition) is 4. The summed E-state index contributed by atoms with van der Waals surface area (Å²) in [5, 5.41) is 6.61. The van der Waals surface area contributed by atoms with Crippen LogP contribution in [0, 0.1) is 0 Å². The third-order valence-electron chi connectivity index (χ3n) is 2.36. The number of hydrogen-bond donors (Lipinski definition) is 2. The van der Waals surface area contributed by atoms with Gasteiger partial charge in [-0.2, -0.15) is 5.10 Å². The van der Waals surface area contributed by atoms with Crippen LogP contribution in [0.25, 0.3) is 0 Å². The normalized spacial score (nSPS) is 10.3. The van der Waals surface area contributed by atoms with Gasteiger partial charge in [0.1, 0.15) is 0 Å². The van der Waals surface area contributed by atoms with E-state index in [4.69, 9.17) is 11.6 Å². The van der Waals surface area contributed by atoms with Crippen molar-refractivity contribution in [1.82, 2.24) is 10.4 Å². The Balaban J connectivity index is 1.87. The van der Waals surface area contributed by atoms with Crippen LogP contribution < -0.4 is 10.7 Å². The van der Waals surface area contributed by atoms with Crippen molar-refractivity contribution in [2.24, 2.45) is 5.10 Å². The summed E-state index contributed by atoms with van der Waals surface area (Å²) in [6.45, 7) is 0. The zero-order valence-electron chi connectivity index (χ0n) is 10.8. The molecule has 106 valence electrons. The third-order valence-corrected chi connectivity index (χ3v) is 2.61. The van der Waals surface area contributed by atoms with Crippen molar-refractivity contribution in [2.45, 2.75) is 0 Å². The molecule has 2 aromatic rings. The maximum Gasteiger partial charge on any atom is 0.329 e. The van der Waals surface area contributed by atoms with Gasteiger partial charge in [0.25, 0.3) is 0 Å². The van der Waals surface area contributed by atoms with Gasteiger partial charge in [-0.15, -0.1) is 0 Å². The number of benzene rings is 1. The molecule has 2 amide bonds. The summed E-state index contributed by atoms with van der Waals surface area (Å²) in [6.07, 6.45) is 2.93. The smallest absolute Gasteiger partial charge is 0.318 e. The lowest BCUT2D eigenvalue weighted by atomic mass is 10.3. The first-order chi connectivity index (χ1) is 10.1. The highest BCUT2D eigenvalue weighted by Gasteiger charge is 2.12. The number of pyridine rings is 1. The number of carbonyl (C=O) groups excluding carboxylic acids is 2. The van der Waals surface area contributed by atoms with Crippen LogP contribution in [0.15, 0.2) is 53.8 Å². The van der Waals surface area contributed by atoms with E-state index in [0.717, 1.165) is 0 Å². The predicted molar refractivity (Wildman–Crippen MR) is 80.1 cm³/mol. The van der Waals surface area contributed by atoms with Crippen molar-refractivity contribution >= 4 is 35.3 Å². The lowest BCUT2D eigenvalue weighted by Gasteiger charge is -2.03. The molecule has 0 fully saturated rings. The minimum atomic E-state index is -0.878. The molecule has 2 N–H and O–H groups in total. The van der Waals surface area contributed by atoms with Crippen molar-refractivity contribution in [3.63, 3.8) is 0 Å². The number of carbonyl (C=O) groups is 2. The van der Waals surface area contributed by atoms with Crippen LogP contribution in [0.1, 0.15) is 5.69 Å². The molecule has 0 radical (unpaired) electrons. The first-order valence-corrected chi connectivity index (χ1v) is 6.34. The number of halogens is 1. The highest BCUT2D eigenvalue weighted by atomic mass is 35.5. The number of amides is 2. The van der Waals surface area contributed by atoms with Crippen LogP contribution in [0.3, 0.4) is 0 Å². The first-order valence-electron chi connectivity index (χ1n) is 5.96.